The van der Waals surface area contributed by atoms with Crippen molar-refractivity contribution < 1.29 is 13.2 Å². The number of nitrogens with zero attached hydrogens (tertiary/aromatic N) is 3. The van der Waals surface area contributed by atoms with Gasteiger partial charge in [-0.25, -0.2) is 10.1 Å². The van der Waals surface area contributed by atoms with Crippen molar-refractivity contribution in [1.82, 2.24) is 9.29 Å². The molecule has 2 aromatic heterocycles. The minimum Gasteiger partial charge on any atom is -0.397 e. The molecule has 142 valence electrons. The molecule has 11 heteroatoms. The van der Waals surface area contributed by atoms with E-state index in [0.717, 1.165) is 29.6 Å². The van der Waals surface area contributed by atoms with Crippen molar-refractivity contribution in [2.75, 3.05) is 36.8 Å². The molecule has 0 spiro atoms. The molecular formula is C15H22N6O3S2. The predicted molar refractivity (Wildman–Crippen MR) is 103 cm³/mol. The molecule has 0 aliphatic carbocycles. The molecule has 0 saturated carbocycles. The molecule has 0 bridgehead atoms. The summed E-state index contributed by atoms with van der Waals surface area (Å²) < 4.78 is 24.2. The van der Waals surface area contributed by atoms with Crippen LogP contribution in [0.3, 0.4) is 0 Å². The SMILES string of the molecule is CCCc1cc(N2CCN(S(N)(=O)=O)CC2)nc2sc(C(N)=O)c(N)c12. The van der Waals surface area contributed by atoms with Gasteiger partial charge in [0.05, 0.1) is 5.69 Å². The van der Waals surface area contributed by atoms with Crippen LogP contribution in [-0.2, 0) is 16.6 Å². The van der Waals surface area contributed by atoms with Crippen LogP contribution >= 0.6 is 11.3 Å². The second kappa shape index (κ2) is 6.99. The lowest BCUT2D eigenvalue weighted by atomic mass is 10.1. The molecule has 0 unspecified atom stereocenters. The number of pyridine rings is 1. The lowest BCUT2D eigenvalue weighted by molar-refractivity contribution is 0.100. The maximum atomic E-state index is 11.6. The van der Waals surface area contributed by atoms with Gasteiger partial charge >= 0.3 is 0 Å². The second-order valence-electron chi connectivity index (χ2n) is 6.21. The van der Waals surface area contributed by atoms with E-state index in [9.17, 15) is 13.2 Å². The third-order valence-corrected chi connectivity index (χ3v) is 6.63. The summed E-state index contributed by atoms with van der Waals surface area (Å²) >= 11 is 1.19. The Morgan fingerprint density at radius 1 is 1.31 bits per heavy atom. The number of thiophene rings is 1. The average molecular weight is 399 g/mol. The van der Waals surface area contributed by atoms with Gasteiger partial charge in [0.25, 0.3) is 16.1 Å². The summed E-state index contributed by atoms with van der Waals surface area (Å²) in [6.07, 6.45) is 1.71. The normalized spacial score (nSPS) is 16.3. The first-order chi connectivity index (χ1) is 12.2. The molecule has 1 saturated heterocycles. The lowest BCUT2D eigenvalue weighted by Crippen LogP contribution is -2.50. The fourth-order valence-corrected chi connectivity index (χ4v) is 4.83. The molecule has 6 N–H and O–H groups in total. The van der Waals surface area contributed by atoms with Crippen molar-refractivity contribution in [2.24, 2.45) is 10.9 Å². The molecule has 1 aliphatic heterocycles. The van der Waals surface area contributed by atoms with Gasteiger partial charge in [-0.15, -0.1) is 11.3 Å². The van der Waals surface area contributed by atoms with Crippen LogP contribution in [0.1, 0.15) is 28.6 Å². The zero-order valence-corrected chi connectivity index (χ0v) is 16.1. The molecule has 9 nitrogen and oxygen atoms in total. The highest BCUT2D eigenvalue weighted by molar-refractivity contribution is 7.86. The fraction of sp³-hybridized carbons (Fsp3) is 0.467. The first-order valence-corrected chi connectivity index (χ1v) is 10.6. The first-order valence-electron chi connectivity index (χ1n) is 8.27. The van der Waals surface area contributed by atoms with Crippen molar-refractivity contribution in [3.63, 3.8) is 0 Å². The Morgan fingerprint density at radius 2 is 1.96 bits per heavy atom. The smallest absolute Gasteiger partial charge is 0.277 e. The number of amides is 1. The minimum atomic E-state index is -3.67. The number of carbonyl (C=O) groups is 1. The monoisotopic (exact) mass is 398 g/mol. The van der Waals surface area contributed by atoms with Crippen LogP contribution in [-0.4, -0.2) is 49.8 Å². The van der Waals surface area contributed by atoms with Gasteiger partial charge in [-0.05, 0) is 18.1 Å². The summed E-state index contributed by atoms with van der Waals surface area (Å²) in [5.74, 6) is 0.184. The molecule has 2 aromatic rings. The third kappa shape index (κ3) is 3.47. The zero-order valence-electron chi connectivity index (χ0n) is 14.4. The Morgan fingerprint density at radius 3 is 2.50 bits per heavy atom. The number of carbonyl (C=O) groups excluding carboxylic acids is 1. The predicted octanol–water partition coefficient (Wildman–Crippen LogP) is 0.255. The van der Waals surface area contributed by atoms with Gasteiger partial charge in [-0.1, -0.05) is 13.3 Å². The molecular weight excluding hydrogens is 376 g/mol. The van der Waals surface area contributed by atoms with E-state index in [1.165, 1.54) is 15.6 Å². The number of nitrogens with two attached hydrogens (primary N) is 3. The Labute approximate surface area is 155 Å². The molecule has 1 fully saturated rings. The van der Waals surface area contributed by atoms with Crippen molar-refractivity contribution in [3.05, 3.63) is 16.5 Å². The van der Waals surface area contributed by atoms with Crippen LogP contribution < -0.4 is 21.5 Å². The van der Waals surface area contributed by atoms with Crippen molar-refractivity contribution in [3.8, 4) is 0 Å². The molecule has 0 aromatic carbocycles. The number of hydrogen-bond donors (Lipinski definition) is 3. The summed E-state index contributed by atoms with van der Waals surface area (Å²) in [5.41, 5.74) is 13.0. The molecule has 26 heavy (non-hydrogen) atoms. The van der Waals surface area contributed by atoms with Crippen LogP contribution in [0.25, 0.3) is 10.2 Å². The Kier molecular flexibility index (Phi) is 5.06. The van der Waals surface area contributed by atoms with Gasteiger partial charge in [-0.2, -0.15) is 12.7 Å². The topological polar surface area (TPSA) is 149 Å². The summed E-state index contributed by atoms with van der Waals surface area (Å²) in [5, 5.41) is 5.98. The van der Waals surface area contributed by atoms with E-state index in [4.69, 9.17) is 16.6 Å². The summed E-state index contributed by atoms with van der Waals surface area (Å²) in [4.78, 5) is 19.3. The van der Waals surface area contributed by atoms with Gasteiger partial charge in [-0.3, -0.25) is 4.79 Å². The van der Waals surface area contributed by atoms with Crippen LogP contribution in [0.15, 0.2) is 6.07 Å². The number of piperazine rings is 1. The van der Waals surface area contributed by atoms with Crippen molar-refractivity contribution in [2.45, 2.75) is 19.8 Å². The maximum absolute atomic E-state index is 11.6. The van der Waals surface area contributed by atoms with Crippen molar-refractivity contribution >= 4 is 49.2 Å². The van der Waals surface area contributed by atoms with E-state index in [0.29, 0.717) is 41.6 Å². The molecule has 0 atom stereocenters. The third-order valence-electron chi connectivity index (χ3n) is 4.43. The number of anilines is 2. The summed E-state index contributed by atoms with van der Waals surface area (Å²) in [6.45, 7) is 3.66. The fourth-order valence-electron chi connectivity index (χ4n) is 3.17. The first kappa shape index (κ1) is 18.8. The molecule has 3 heterocycles. The number of aryl methyl sites for hydroxylation is 1. The van der Waals surface area contributed by atoms with Crippen molar-refractivity contribution in [1.29, 1.82) is 0 Å². The van der Waals surface area contributed by atoms with E-state index < -0.39 is 16.1 Å². The number of aromatic nitrogens is 1. The number of hydrogen-bond acceptors (Lipinski definition) is 7. The van der Waals surface area contributed by atoms with Gasteiger partial charge in [0.1, 0.15) is 15.5 Å². The summed E-state index contributed by atoms with van der Waals surface area (Å²) in [6, 6.07) is 1.96. The molecule has 3 rings (SSSR count). The quantitative estimate of drug-likeness (QED) is 0.657. The van der Waals surface area contributed by atoms with Crippen LogP contribution in [0.5, 0.6) is 0 Å². The Bertz CT molecular complexity index is 948. The number of rotatable bonds is 5. The number of primary amides is 1. The number of nitrogen functional groups attached to an aromatic ring is 1. The van der Waals surface area contributed by atoms with E-state index in [1.807, 2.05) is 11.0 Å². The average Bonchev–Trinajstić information content (AvgIpc) is 2.92. The highest BCUT2D eigenvalue weighted by Crippen LogP contribution is 2.37. The Balaban J connectivity index is 1.98. The Hall–Kier alpha value is -1.95. The number of fused-ring (bicyclic) bond motifs is 1. The zero-order chi connectivity index (χ0) is 19.1. The molecule has 0 radical (unpaired) electrons. The van der Waals surface area contributed by atoms with E-state index in [1.54, 1.807) is 0 Å². The van der Waals surface area contributed by atoms with Gasteiger partial charge in [0.2, 0.25) is 0 Å². The van der Waals surface area contributed by atoms with E-state index >= 15 is 0 Å². The summed E-state index contributed by atoms with van der Waals surface area (Å²) in [7, 11) is -3.67. The van der Waals surface area contributed by atoms with Gasteiger partial charge in [0.15, 0.2) is 0 Å². The van der Waals surface area contributed by atoms with Crippen LogP contribution in [0.2, 0.25) is 0 Å². The molecule has 1 amide bonds. The standard InChI is InChI=1S/C15H22N6O3S2/c1-2-3-9-8-10(20-4-6-21(7-5-20)26(18,23)24)19-15-11(9)12(16)13(25-15)14(17)22/h8H,2-7,16H2,1H3,(H2,17,22)(H2,18,23,24). The largest absolute Gasteiger partial charge is 0.397 e. The second-order valence-corrected chi connectivity index (χ2v) is 8.76. The van der Waals surface area contributed by atoms with Crippen LogP contribution in [0, 0.1) is 0 Å². The van der Waals surface area contributed by atoms with Gasteiger partial charge in [0, 0.05) is 31.6 Å². The van der Waals surface area contributed by atoms with E-state index in [2.05, 4.69) is 11.9 Å². The van der Waals surface area contributed by atoms with E-state index in [-0.39, 0.29) is 0 Å². The van der Waals surface area contributed by atoms with Crippen LogP contribution in [0.4, 0.5) is 11.5 Å². The highest BCUT2D eigenvalue weighted by atomic mass is 32.2. The van der Waals surface area contributed by atoms with Gasteiger partial charge < -0.3 is 16.4 Å². The minimum absolute atomic E-state index is 0.306. The molecule has 1 aliphatic rings. The highest BCUT2D eigenvalue weighted by Gasteiger charge is 2.26. The maximum Gasteiger partial charge on any atom is 0.277 e. The lowest BCUT2D eigenvalue weighted by Gasteiger charge is -2.33.